The van der Waals surface area contributed by atoms with Gasteiger partial charge in [-0.1, -0.05) is 28.9 Å². The minimum absolute atomic E-state index is 0.00104. The third-order valence-corrected chi connectivity index (χ3v) is 3.80. The zero-order valence-electron chi connectivity index (χ0n) is 14.5. The van der Waals surface area contributed by atoms with Gasteiger partial charge in [-0.3, -0.25) is 9.69 Å². The summed E-state index contributed by atoms with van der Waals surface area (Å²) in [5, 5.41) is 7.01. The van der Waals surface area contributed by atoms with Gasteiger partial charge < -0.3 is 9.84 Å². The second-order valence-electron chi connectivity index (χ2n) is 6.25. The van der Waals surface area contributed by atoms with Crippen LogP contribution in [0.5, 0.6) is 0 Å². The molecule has 2 rings (SSSR count). The number of carbonyl (C=O) groups is 1. The van der Waals surface area contributed by atoms with Gasteiger partial charge in [0.05, 0.1) is 18.3 Å². The fourth-order valence-electron chi connectivity index (χ4n) is 2.66. The van der Waals surface area contributed by atoms with Gasteiger partial charge in [-0.2, -0.15) is 0 Å². The maximum absolute atomic E-state index is 12.2. The maximum Gasteiger partial charge on any atom is 0.234 e. The van der Waals surface area contributed by atoms with E-state index in [1.807, 2.05) is 31.9 Å². The Kier molecular flexibility index (Phi) is 5.55. The molecule has 1 aromatic carbocycles. The first-order valence-corrected chi connectivity index (χ1v) is 7.82. The molecule has 5 heteroatoms. The van der Waals surface area contributed by atoms with Crippen LogP contribution < -0.4 is 5.32 Å². The summed E-state index contributed by atoms with van der Waals surface area (Å²) in [4.78, 5) is 14.2. The van der Waals surface area contributed by atoms with Gasteiger partial charge in [0.1, 0.15) is 5.76 Å². The third-order valence-electron chi connectivity index (χ3n) is 3.80. The molecule has 1 atom stereocenters. The molecule has 0 spiro atoms. The molecule has 0 unspecified atom stereocenters. The monoisotopic (exact) mass is 315 g/mol. The van der Waals surface area contributed by atoms with E-state index in [1.165, 1.54) is 11.1 Å². The number of likely N-dealkylation sites (N-methyl/N-ethyl adjacent to an activating group) is 1. The van der Waals surface area contributed by atoms with Crippen molar-refractivity contribution in [1.29, 1.82) is 0 Å². The van der Waals surface area contributed by atoms with Crippen LogP contribution in [0.3, 0.4) is 0 Å². The standard InChI is InChI=1S/C18H25N3O2/c1-12-6-7-13(2)17(8-12)15(4)19-18(22)11-21(5)10-16-9-14(3)23-20-16/h6-9,15H,10-11H2,1-5H3,(H,19,22)/t15-/m0/s1. The first kappa shape index (κ1) is 17.2. The Morgan fingerprint density at radius 1 is 1.30 bits per heavy atom. The summed E-state index contributed by atoms with van der Waals surface area (Å²) in [5.74, 6) is 0.780. The number of carbonyl (C=O) groups excluding carboxylic acids is 1. The van der Waals surface area contributed by atoms with Crippen LogP contribution in [0, 0.1) is 20.8 Å². The zero-order valence-corrected chi connectivity index (χ0v) is 14.5. The van der Waals surface area contributed by atoms with Gasteiger partial charge in [-0.05, 0) is 45.9 Å². The van der Waals surface area contributed by atoms with Crippen molar-refractivity contribution < 1.29 is 9.32 Å². The zero-order chi connectivity index (χ0) is 17.0. The van der Waals surface area contributed by atoms with E-state index in [-0.39, 0.29) is 11.9 Å². The smallest absolute Gasteiger partial charge is 0.234 e. The van der Waals surface area contributed by atoms with E-state index in [9.17, 15) is 4.79 Å². The molecule has 0 radical (unpaired) electrons. The predicted molar refractivity (Wildman–Crippen MR) is 90.0 cm³/mol. The topological polar surface area (TPSA) is 58.4 Å². The minimum Gasteiger partial charge on any atom is -0.361 e. The largest absolute Gasteiger partial charge is 0.361 e. The average Bonchev–Trinajstić information content (AvgIpc) is 2.86. The van der Waals surface area contributed by atoms with Crippen molar-refractivity contribution >= 4 is 5.91 Å². The van der Waals surface area contributed by atoms with Crippen LogP contribution in [-0.2, 0) is 11.3 Å². The van der Waals surface area contributed by atoms with Crippen molar-refractivity contribution in [2.24, 2.45) is 0 Å². The molecule has 0 aliphatic heterocycles. The molecule has 5 nitrogen and oxygen atoms in total. The number of aromatic nitrogens is 1. The van der Waals surface area contributed by atoms with Gasteiger partial charge in [-0.25, -0.2) is 0 Å². The Hall–Kier alpha value is -2.14. The fraction of sp³-hybridized carbons (Fsp3) is 0.444. The summed E-state index contributed by atoms with van der Waals surface area (Å²) in [6.07, 6.45) is 0. The lowest BCUT2D eigenvalue weighted by Gasteiger charge is -2.20. The number of benzene rings is 1. The van der Waals surface area contributed by atoms with Crippen LogP contribution in [-0.4, -0.2) is 29.6 Å². The van der Waals surface area contributed by atoms with Gasteiger partial charge >= 0.3 is 0 Å². The summed E-state index contributed by atoms with van der Waals surface area (Å²) >= 11 is 0. The van der Waals surface area contributed by atoms with Crippen molar-refractivity contribution in [1.82, 2.24) is 15.4 Å². The highest BCUT2D eigenvalue weighted by Gasteiger charge is 2.14. The van der Waals surface area contributed by atoms with E-state index < -0.39 is 0 Å². The molecule has 0 aliphatic rings. The summed E-state index contributed by atoms with van der Waals surface area (Å²) in [6.45, 7) is 8.90. The second-order valence-corrected chi connectivity index (χ2v) is 6.25. The molecule has 0 bridgehead atoms. The Labute approximate surface area is 137 Å². The third kappa shape index (κ3) is 4.93. The first-order chi connectivity index (χ1) is 10.8. The normalized spacial score (nSPS) is 12.4. The Morgan fingerprint density at radius 2 is 2.04 bits per heavy atom. The molecule has 0 saturated heterocycles. The van der Waals surface area contributed by atoms with Crippen LogP contribution in [0.1, 0.15) is 41.1 Å². The van der Waals surface area contributed by atoms with Crippen molar-refractivity contribution in [2.45, 2.75) is 40.3 Å². The van der Waals surface area contributed by atoms with Gasteiger partial charge in [0.25, 0.3) is 0 Å². The summed E-state index contributed by atoms with van der Waals surface area (Å²) in [6, 6.07) is 8.17. The fourth-order valence-corrected chi connectivity index (χ4v) is 2.66. The summed E-state index contributed by atoms with van der Waals surface area (Å²) in [5.41, 5.74) is 4.38. The molecule has 1 heterocycles. The van der Waals surface area contributed by atoms with Crippen molar-refractivity contribution in [3.63, 3.8) is 0 Å². The molecule has 1 amide bonds. The molecule has 0 saturated carbocycles. The van der Waals surface area contributed by atoms with Crippen molar-refractivity contribution in [3.8, 4) is 0 Å². The van der Waals surface area contributed by atoms with E-state index in [2.05, 4.69) is 42.5 Å². The van der Waals surface area contributed by atoms with Crippen molar-refractivity contribution in [3.05, 3.63) is 52.4 Å². The highest BCUT2D eigenvalue weighted by Crippen LogP contribution is 2.18. The number of amides is 1. The summed E-state index contributed by atoms with van der Waals surface area (Å²) in [7, 11) is 1.90. The molecular weight excluding hydrogens is 290 g/mol. The molecule has 1 aromatic heterocycles. The minimum atomic E-state index is -0.00917. The Balaban J connectivity index is 1.89. The van der Waals surface area contributed by atoms with Gasteiger partial charge in [-0.15, -0.1) is 0 Å². The van der Waals surface area contributed by atoms with Crippen LogP contribution >= 0.6 is 0 Å². The first-order valence-electron chi connectivity index (χ1n) is 7.82. The number of hydrogen-bond donors (Lipinski definition) is 1. The van der Waals surface area contributed by atoms with Gasteiger partial charge in [0.15, 0.2) is 0 Å². The van der Waals surface area contributed by atoms with Crippen LogP contribution in [0.15, 0.2) is 28.8 Å². The highest BCUT2D eigenvalue weighted by molar-refractivity contribution is 5.78. The van der Waals surface area contributed by atoms with E-state index in [1.54, 1.807) is 0 Å². The Bertz CT molecular complexity index is 679. The van der Waals surface area contributed by atoms with Crippen LogP contribution in [0.4, 0.5) is 0 Å². The van der Waals surface area contributed by atoms with Crippen molar-refractivity contribution in [2.75, 3.05) is 13.6 Å². The number of nitrogens with zero attached hydrogens (tertiary/aromatic N) is 2. The highest BCUT2D eigenvalue weighted by atomic mass is 16.5. The predicted octanol–water partition coefficient (Wildman–Crippen LogP) is 2.91. The lowest BCUT2D eigenvalue weighted by Crippen LogP contribution is -2.36. The maximum atomic E-state index is 12.2. The molecule has 0 aliphatic carbocycles. The Morgan fingerprint density at radius 3 is 2.70 bits per heavy atom. The number of nitrogens with one attached hydrogen (secondary N) is 1. The molecule has 2 aromatic rings. The van der Waals surface area contributed by atoms with Crippen LogP contribution in [0.25, 0.3) is 0 Å². The molecule has 0 fully saturated rings. The summed E-state index contributed by atoms with van der Waals surface area (Å²) < 4.78 is 5.04. The quantitative estimate of drug-likeness (QED) is 0.890. The molecule has 124 valence electrons. The average molecular weight is 315 g/mol. The molecule has 23 heavy (non-hydrogen) atoms. The van der Waals surface area contributed by atoms with Crippen LogP contribution in [0.2, 0.25) is 0 Å². The second kappa shape index (κ2) is 7.42. The molecular formula is C18H25N3O2. The number of aryl methyl sites for hydroxylation is 3. The van der Waals surface area contributed by atoms with Gasteiger partial charge in [0, 0.05) is 12.6 Å². The van der Waals surface area contributed by atoms with E-state index >= 15 is 0 Å². The number of hydrogen-bond acceptors (Lipinski definition) is 4. The van der Waals surface area contributed by atoms with Gasteiger partial charge in [0.2, 0.25) is 5.91 Å². The van der Waals surface area contributed by atoms with E-state index in [0.717, 1.165) is 17.0 Å². The van der Waals surface area contributed by atoms with E-state index in [0.29, 0.717) is 13.1 Å². The lowest BCUT2D eigenvalue weighted by atomic mass is 10.00. The number of rotatable bonds is 6. The molecule has 1 N–H and O–H groups in total. The lowest BCUT2D eigenvalue weighted by molar-refractivity contribution is -0.122. The van der Waals surface area contributed by atoms with E-state index in [4.69, 9.17) is 4.52 Å². The SMILES string of the molecule is Cc1ccc(C)c([C@H](C)NC(=O)CN(C)Cc2cc(C)on2)c1.